The molecule has 26 heavy (non-hydrogen) atoms. The molecular weight excluding hydrogens is 338 g/mol. The predicted octanol–water partition coefficient (Wildman–Crippen LogP) is 0.213. The van der Waals surface area contributed by atoms with E-state index in [1.807, 2.05) is 31.2 Å². The van der Waals surface area contributed by atoms with Gasteiger partial charge in [0.1, 0.15) is 18.5 Å². The van der Waals surface area contributed by atoms with Crippen molar-refractivity contribution in [3.63, 3.8) is 0 Å². The number of aromatic nitrogens is 4. The first kappa shape index (κ1) is 17.7. The number of rotatable bonds is 6. The fraction of sp³-hybridized carbons (Fsp3) is 0.353. The fourth-order valence-corrected chi connectivity index (χ4v) is 2.76. The third-order valence-corrected chi connectivity index (χ3v) is 4.06. The minimum atomic E-state index is -0.878. The zero-order valence-electron chi connectivity index (χ0n) is 14.8. The van der Waals surface area contributed by atoms with Crippen molar-refractivity contribution >= 4 is 17.1 Å². The number of fused-ring (bicyclic) bond motifs is 1. The van der Waals surface area contributed by atoms with Gasteiger partial charge < -0.3 is 19.7 Å². The number of aliphatic hydroxyl groups is 1. The van der Waals surface area contributed by atoms with Crippen LogP contribution < -0.4 is 21.3 Å². The van der Waals surface area contributed by atoms with E-state index in [1.54, 1.807) is 7.05 Å². The molecule has 9 nitrogen and oxygen atoms in total. The second kappa shape index (κ2) is 7.04. The maximum atomic E-state index is 12.2. The van der Waals surface area contributed by atoms with E-state index in [9.17, 15) is 14.7 Å². The lowest BCUT2D eigenvalue weighted by Gasteiger charge is -2.15. The Morgan fingerprint density at radius 2 is 2.15 bits per heavy atom. The van der Waals surface area contributed by atoms with Crippen LogP contribution >= 0.6 is 0 Å². The van der Waals surface area contributed by atoms with E-state index in [1.165, 1.54) is 16.2 Å². The van der Waals surface area contributed by atoms with Crippen LogP contribution in [0.15, 0.2) is 33.9 Å². The zero-order valence-corrected chi connectivity index (χ0v) is 14.8. The number of aliphatic hydroxyl groups excluding tert-OH is 1. The minimum absolute atomic E-state index is 0.0515. The van der Waals surface area contributed by atoms with Crippen molar-refractivity contribution in [2.45, 2.75) is 19.6 Å². The lowest BCUT2D eigenvalue weighted by molar-refractivity contribution is 0.0938. The second-order valence-electron chi connectivity index (χ2n) is 6.07. The van der Waals surface area contributed by atoms with E-state index in [0.717, 1.165) is 5.56 Å². The number of aromatic amines is 1. The summed E-state index contributed by atoms with van der Waals surface area (Å²) in [7, 11) is 3.17. The Hall–Kier alpha value is -3.07. The number of ether oxygens (including phenoxy) is 1. The summed E-state index contributed by atoms with van der Waals surface area (Å²) < 4.78 is 8.40. The molecule has 138 valence electrons. The molecule has 0 aliphatic rings. The highest BCUT2D eigenvalue weighted by atomic mass is 16.5. The van der Waals surface area contributed by atoms with Gasteiger partial charge in [-0.1, -0.05) is 12.1 Å². The van der Waals surface area contributed by atoms with Crippen LogP contribution in [0.1, 0.15) is 5.56 Å². The quantitative estimate of drug-likeness (QED) is 0.580. The van der Waals surface area contributed by atoms with Gasteiger partial charge in [0.2, 0.25) is 5.95 Å². The number of anilines is 1. The van der Waals surface area contributed by atoms with Gasteiger partial charge in [0.25, 0.3) is 5.56 Å². The van der Waals surface area contributed by atoms with Gasteiger partial charge in [-0.15, -0.1) is 0 Å². The molecule has 3 aromatic rings. The normalized spacial score (nSPS) is 12.3. The van der Waals surface area contributed by atoms with Crippen LogP contribution in [0.5, 0.6) is 5.75 Å². The molecule has 3 rings (SSSR count). The molecule has 3 N–H and O–H groups in total. The Bertz CT molecular complexity index is 1050. The number of imidazole rings is 1. The third-order valence-electron chi connectivity index (χ3n) is 4.06. The first-order valence-electron chi connectivity index (χ1n) is 8.15. The fourth-order valence-electron chi connectivity index (χ4n) is 2.76. The van der Waals surface area contributed by atoms with E-state index >= 15 is 0 Å². The summed E-state index contributed by atoms with van der Waals surface area (Å²) in [5.41, 5.74) is 0.422. The zero-order chi connectivity index (χ0) is 18.8. The molecule has 0 aliphatic heterocycles. The molecule has 0 radical (unpaired) electrons. The van der Waals surface area contributed by atoms with Gasteiger partial charge >= 0.3 is 5.69 Å². The lowest BCUT2D eigenvalue weighted by atomic mass is 10.2. The van der Waals surface area contributed by atoms with Crippen LogP contribution in [0.4, 0.5) is 5.95 Å². The lowest BCUT2D eigenvalue weighted by Crippen LogP contribution is -2.30. The number of H-pyrrole nitrogens is 1. The molecule has 1 aromatic carbocycles. The highest BCUT2D eigenvalue weighted by Gasteiger charge is 2.19. The summed E-state index contributed by atoms with van der Waals surface area (Å²) >= 11 is 0. The van der Waals surface area contributed by atoms with Gasteiger partial charge in [-0.05, 0) is 24.6 Å². The summed E-state index contributed by atoms with van der Waals surface area (Å²) in [6.45, 7) is 2.09. The summed E-state index contributed by atoms with van der Waals surface area (Å²) in [5, 5.41) is 13.2. The highest BCUT2D eigenvalue weighted by molar-refractivity contribution is 5.74. The first-order valence-corrected chi connectivity index (χ1v) is 8.15. The standard InChI is InChI=1S/C17H21N5O4/c1-10-5-4-6-12(7-10)26-9-11(23)8-22-13-14(19-16(22)18-2)21(3)17(25)20-15(13)24/h4-7,11,23H,8-9H2,1-3H3,(H,18,19)(H,20,24,25)/t11-/m0/s1. The molecule has 0 saturated heterocycles. The van der Waals surface area contributed by atoms with E-state index in [2.05, 4.69) is 15.3 Å². The number of nitrogens with zero attached hydrogens (tertiary/aromatic N) is 3. The molecule has 0 spiro atoms. The SMILES string of the molecule is CNc1nc2c(c(=O)[nH]c(=O)n2C)n1C[C@H](O)COc1cccc(C)c1. The summed E-state index contributed by atoms with van der Waals surface area (Å²) in [4.78, 5) is 30.5. The largest absolute Gasteiger partial charge is 0.491 e. The van der Waals surface area contributed by atoms with Gasteiger partial charge in [-0.2, -0.15) is 4.98 Å². The van der Waals surface area contributed by atoms with Crippen molar-refractivity contribution < 1.29 is 9.84 Å². The van der Waals surface area contributed by atoms with Crippen LogP contribution in [0, 0.1) is 6.92 Å². The van der Waals surface area contributed by atoms with Crippen molar-refractivity contribution in [3.05, 3.63) is 50.7 Å². The number of hydrogen-bond donors (Lipinski definition) is 3. The molecule has 0 fully saturated rings. The Kier molecular flexibility index (Phi) is 4.81. The van der Waals surface area contributed by atoms with Crippen molar-refractivity contribution in [3.8, 4) is 5.75 Å². The predicted molar refractivity (Wildman–Crippen MR) is 97.8 cm³/mol. The topological polar surface area (TPSA) is 114 Å². The van der Waals surface area contributed by atoms with Gasteiger partial charge in [-0.25, -0.2) is 4.79 Å². The molecule has 0 bridgehead atoms. The summed E-state index contributed by atoms with van der Waals surface area (Å²) in [6, 6.07) is 7.51. The molecule has 1 atom stereocenters. The third kappa shape index (κ3) is 3.33. The molecule has 0 unspecified atom stereocenters. The van der Waals surface area contributed by atoms with E-state index in [0.29, 0.717) is 11.7 Å². The summed E-state index contributed by atoms with van der Waals surface area (Å²) in [6.07, 6.45) is -0.878. The molecule has 0 aliphatic carbocycles. The minimum Gasteiger partial charge on any atom is -0.491 e. The van der Waals surface area contributed by atoms with Gasteiger partial charge in [0, 0.05) is 14.1 Å². The Balaban J connectivity index is 1.87. The molecule has 9 heteroatoms. The number of benzene rings is 1. The smallest absolute Gasteiger partial charge is 0.329 e. The summed E-state index contributed by atoms with van der Waals surface area (Å²) in [5.74, 6) is 1.04. The van der Waals surface area contributed by atoms with E-state index in [-0.39, 0.29) is 24.3 Å². The molecule has 0 saturated carbocycles. The monoisotopic (exact) mass is 359 g/mol. The average Bonchev–Trinajstić information content (AvgIpc) is 2.97. The van der Waals surface area contributed by atoms with Gasteiger partial charge in [-0.3, -0.25) is 14.3 Å². The van der Waals surface area contributed by atoms with Crippen molar-refractivity contribution in [2.75, 3.05) is 19.0 Å². The second-order valence-corrected chi connectivity index (χ2v) is 6.07. The maximum Gasteiger partial charge on any atom is 0.329 e. The van der Waals surface area contributed by atoms with Crippen LogP contribution in [0.25, 0.3) is 11.2 Å². The average molecular weight is 359 g/mol. The molecular formula is C17H21N5O4. The van der Waals surface area contributed by atoms with Crippen molar-refractivity contribution in [2.24, 2.45) is 7.05 Å². The van der Waals surface area contributed by atoms with Crippen LogP contribution in [-0.2, 0) is 13.6 Å². The van der Waals surface area contributed by atoms with Gasteiger partial charge in [0.15, 0.2) is 11.2 Å². The number of hydrogen-bond acceptors (Lipinski definition) is 6. The van der Waals surface area contributed by atoms with Crippen molar-refractivity contribution in [1.29, 1.82) is 0 Å². The first-order chi connectivity index (χ1) is 12.4. The molecule has 0 amide bonds. The molecule has 2 aromatic heterocycles. The Morgan fingerprint density at radius 1 is 1.38 bits per heavy atom. The highest BCUT2D eigenvalue weighted by Crippen LogP contribution is 2.16. The van der Waals surface area contributed by atoms with E-state index < -0.39 is 17.4 Å². The number of aryl methyl sites for hydroxylation is 2. The Morgan fingerprint density at radius 3 is 2.85 bits per heavy atom. The Labute approximate surface area is 148 Å². The van der Waals surface area contributed by atoms with Crippen molar-refractivity contribution in [1.82, 2.24) is 19.1 Å². The van der Waals surface area contributed by atoms with E-state index in [4.69, 9.17) is 4.74 Å². The molecule has 2 heterocycles. The van der Waals surface area contributed by atoms with Crippen LogP contribution in [-0.4, -0.2) is 44.0 Å². The van der Waals surface area contributed by atoms with Crippen LogP contribution in [0.3, 0.4) is 0 Å². The maximum absolute atomic E-state index is 12.2. The number of nitrogens with one attached hydrogen (secondary N) is 2. The van der Waals surface area contributed by atoms with Gasteiger partial charge in [0.05, 0.1) is 6.54 Å². The van der Waals surface area contributed by atoms with Crippen LogP contribution in [0.2, 0.25) is 0 Å².